The monoisotopic (exact) mass is 291 g/mol. The van der Waals surface area contributed by atoms with E-state index < -0.39 is 5.82 Å². The van der Waals surface area contributed by atoms with E-state index in [2.05, 4.69) is 5.32 Å². The van der Waals surface area contributed by atoms with Gasteiger partial charge in [0.1, 0.15) is 5.82 Å². The Hall–Kier alpha value is -1.87. The third kappa shape index (κ3) is 3.36. The molecule has 0 aromatic heterocycles. The van der Waals surface area contributed by atoms with Crippen LogP contribution in [-0.4, -0.2) is 5.91 Å². The van der Waals surface area contributed by atoms with E-state index in [1.807, 2.05) is 32.0 Å². The fraction of sp³-hybridized carbons (Fsp3) is 0.188. The van der Waals surface area contributed by atoms with Crippen LogP contribution in [-0.2, 0) is 11.2 Å². The largest absolute Gasteiger partial charge is 0.326 e. The molecule has 2 nitrogen and oxygen atoms in total. The standard InChI is InChI=1S/C16H15ClFNO/c1-10-6-7-15(11(2)8-10)19-16(20)9-12-13(17)4-3-5-14(12)18/h3-8H,9H2,1-2H3,(H,19,20). The predicted molar refractivity (Wildman–Crippen MR) is 79.7 cm³/mol. The highest BCUT2D eigenvalue weighted by molar-refractivity contribution is 6.31. The maximum absolute atomic E-state index is 13.6. The van der Waals surface area contributed by atoms with Crippen LogP contribution in [0.4, 0.5) is 10.1 Å². The minimum atomic E-state index is -0.465. The van der Waals surface area contributed by atoms with Crippen LogP contribution in [0.25, 0.3) is 0 Å². The van der Waals surface area contributed by atoms with Gasteiger partial charge in [-0.05, 0) is 37.6 Å². The Labute approximate surface area is 122 Å². The molecule has 0 aliphatic heterocycles. The molecule has 1 amide bonds. The van der Waals surface area contributed by atoms with E-state index in [1.165, 1.54) is 12.1 Å². The Balaban J connectivity index is 2.13. The van der Waals surface area contributed by atoms with Crippen molar-refractivity contribution in [2.24, 2.45) is 0 Å². The van der Waals surface area contributed by atoms with Crippen molar-refractivity contribution in [3.8, 4) is 0 Å². The van der Waals surface area contributed by atoms with Gasteiger partial charge in [0.05, 0.1) is 6.42 Å². The van der Waals surface area contributed by atoms with Gasteiger partial charge in [0.15, 0.2) is 0 Å². The van der Waals surface area contributed by atoms with Crippen molar-refractivity contribution in [2.75, 3.05) is 5.32 Å². The lowest BCUT2D eigenvalue weighted by Crippen LogP contribution is -2.16. The number of anilines is 1. The zero-order valence-electron chi connectivity index (χ0n) is 11.3. The van der Waals surface area contributed by atoms with E-state index in [-0.39, 0.29) is 22.9 Å². The molecule has 0 radical (unpaired) electrons. The van der Waals surface area contributed by atoms with Crippen molar-refractivity contribution in [3.63, 3.8) is 0 Å². The van der Waals surface area contributed by atoms with Gasteiger partial charge >= 0.3 is 0 Å². The maximum Gasteiger partial charge on any atom is 0.228 e. The summed E-state index contributed by atoms with van der Waals surface area (Å²) in [5.41, 5.74) is 3.04. The van der Waals surface area contributed by atoms with E-state index in [4.69, 9.17) is 11.6 Å². The SMILES string of the molecule is Cc1ccc(NC(=O)Cc2c(F)cccc2Cl)c(C)c1. The smallest absolute Gasteiger partial charge is 0.228 e. The molecule has 1 N–H and O–H groups in total. The van der Waals surface area contributed by atoms with Crippen LogP contribution >= 0.6 is 11.6 Å². The number of carbonyl (C=O) groups is 1. The number of carbonyl (C=O) groups excluding carboxylic acids is 1. The van der Waals surface area contributed by atoms with Crippen LogP contribution < -0.4 is 5.32 Å². The van der Waals surface area contributed by atoms with E-state index >= 15 is 0 Å². The highest BCUT2D eigenvalue weighted by Crippen LogP contribution is 2.21. The van der Waals surface area contributed by atoms with Gasteiger partial charge in [-0.25, -0.2) is 4.39 Å². The number of rotatable bonds is 3. The van der Waals surface area contributed by atoms with Gasteiger partial charge in [-0.2, -0.15) is 0 Å². The number of hydrogen-bond donors (Lipinski definition) is 1. The van der Waals surface area contributed by atoms with E-state index in [0.29, 0.717) is 0 Å². The second-order valence-corrected chi connectivity index (χ2v) is 5.15. The molecule has 0 unspecified atom stereocenters. The van der Waals surface area contributed by atoms with E-state index in [9.17, 15) is 9.18 Å². The highest BCUT2D eigenvalue weighted by atomic mass is 35.5. The lowest BCUT2D eigenvalue weighted by molar-refractivity contribution is -0.115. The summed E-state index contributed by atoms with van der Waals surface area (Å²) in [6.07, 6.45) is -0.0845. The minimum absolute atomic E-state index is 0.0845. The third-order valence-electron chi connectivity index (χ3n) is 3.06. The molecule has 20 heavy (non-hydrogen) atoms. The van der Waals surface area contributed by atoms with E-state index in [1.54, 1.807) is 6.07 Å². The average Bonchev–Trinajstić information content (AvgIpc) is 2.37. The first kappa shape index (κ1) is 14.5. The third-order valence-corrected chi connectivity index (χ3v) is 3.41. The van der Waals surface area contributed by atoms with Crippen molar-refractivity contribution in [1.82, 2.24) is 0 Å². The van der Waals surface area contributed by atoms with Crippen LogP contribution in [0.2, 0.25) is 5.02 Å². The van der Waals surface area contributed by atoms with Crippen molar-refractivity contribution in [1.29, 1.82) is 0 Å². The van der Waals surface area contributed by atoms with Gasteiger partial charge < -0.3 is 5.32 Å². The first-order valence-corrected chi connectivity index (χ1v) is 6.65. The summed E-state index contributed by atoms with van der Waals surface area (Å²) in [5, 5.41) is 3.04. The molecule has 0 aliphatic carbocycles. The van der Waals surface area contributed by atoms with E-state index in [0.717, 1.165) is 16.8 Å². The number of halogens is 2. The zero-order chi connectivity index (χ0) is 14.7. The van der Waals surface area contributed by atoms with Gasteiger partial charge in [-0.15, -0.1) is 0 Å². The van der Waals surface area contributed by atoms with Crippen LogP contribution in [0.15, 0.2) is 36.4 Å². The van der Waals surface area contributed by atoms with Crippen molar-refractivity contribution in [2.45, 2.75) is 20.3 Å². The number of benzene rings is 2. The quantitative estimate of drug-likeness (QED) is 0.898. The van der Waals surface area contributed by atoms with Crippen LogP contribution in [0, 0.1) is 19.7 Å². The molecule has 0 bridgehead atoms. The van der Waals surface area contributed by atoms with Gasteiger partial charge in [0.2, 0.25) is 5.91 Å². The summed E-state index contributed by atoms with van der Waals surface area (Å²) in [7, 11) is 0. The topological polar surface area (TPSA) is 29.1 Å². The molecule has 2 rings (SSSR count). The number of hydrogen-bond acceptors (Lipinski definition) is 1. The summed E-state index contributed by atoms with van der Waals surface area (Å²) in [5.74, 6) is -0.753. The minimum Gasteiger partial charge on any atom is -0.326 e. The lowest BCUT2D eigenvalue weighted by atomic mass is 10.1. The number of aryl methyl sites for hydroxylation is 2. The number of nitrogens with one attached hydrogen (secondary N) is 1. The summed E-state index contributed by atoms with van der Waals surface area (Å²) in [6.45, 7) is 3.90. The van der Waals surface area contributed by atoms with Crippen molar-refractivity contribution in [3.05, 3.63) is 63.9 Å². The summed E-state index contributed by atoms with van der Waals surface area (Å²) >= 11 is 5.91. The zero-order valence-corrected chi connectivity index (χ0v) is 12.1. The second kappa shape index (κ2) is 6.06. The highest BCUT2D eigenvalue weighted by Gasteiger charge is 2.12. The molecule has 0 atom stereocenters. The van der Waals surface area contributed by atoms with Crippen LogP contribution in [0.1, 0.15) is 16.7 Å². The number of amides is 1. The van der Waals surface area contributed by atoms with Crippen molar-refractivity contribution >= 4 is 23.2 Å². The molecule has 2 aromatic rings. The Kier molecular flexibility index (Phi) is 4.40. The summed E-state index contributed by atoms with van der Waals surface area (Å²) < 4.78 is 13.6. The Bertz CT molecular complexity index is 635. The fourth-order valence-electron chi connectivity index (χ4n) is 2.01. The molecule has 0 fully saturated rings. The van der Waals surface area contributed by atoms with Gasteiger partial charge in [-0.1, -0.05) is 35.4 Å². The molecule has 4 heteroatoms. The van der Waals surface area contributed by atoms with Gasteiger partial charge in [0.25, 0.3) is 0 Å². The van der Waals surface area contributed by atoms with Gasteiger partial charge in [0, 0.05) is 16.3 Å². The Morgan fingerprint density at radius 2 is 2.00 bits per heavy atom. The molecule has 0 spiro atoms. The predicted octanol–water partition coefficient (Wildman–Crippen LogP) is 4.28. The average molecular weight is 292 g/mol. The van der Waals surface area contributed by atoms with Crippen LogP contribution in [0.5, 0.6) is 0 Å². The fourth-order valence-corrected chi connectivity index (χ4v) is 2.24. The maximum atomic E-state index is 13.6. The Morgan fingerprint density at radius 1 is 1.25 bits per heavy atom. The molecule has 0 saturated carbocycles. The van der Waals surface area contributed by atoms with Crippen LogP contribution in [0.3, 0.4) is 0 Å². The molecule has 0 saturated heterocycles. The molecular formula is C16H15ClFNO. The first-order chi connectivity index (χ1) is 9.47. The lowest BCUT2D eigenvalue weighted by Gasteiger charge is -2.10. The molecule has 0 aliphatic rings. The first-order valence-electron chi connectivity index (χ1n) is 6.27. The van der Waals surface area contributed by atoms with Gasteiger partial charge in [-0.3, -0.25) is 4.79 Å². The second-order valence-electron chi connectivity index (χ2n) is 4.74. The molecule has 0 heterocycles. The summed E-state index contributed by atoms with van der Waals surface area (Å²) in [4.78, 5) is 12.0. The normalized spacial score (nSPS) is 10.4. The summed E-state index contributed by atoms with van der Waals surface area (Å²) in [6, 6.07) is 10.1. The van der Waals surface area contributed by atoms with Crippen molar-refractivity contribution < 1.29 is 9.18 Å². The molecule has 104 valence electrons. The Morgan fingerprint density at radius 3 is 2.65 bits per heavy atom. The molecule has 2 aromatic carbocycles. The molecular weight excluding hydrogens is 277 g/mol.